The molecule has 1 aliphatic rings. The fraction of sp³-hybridized carbons (Fsp3) is 0.667. The molecule has 90 valence electrons. The van der Waals surface area contributed by atoms with Gasteiger partial charge in [-0.1, -0.05) is 0 Å². The summed E-state index contributed by atoms with van der Waals surface area (Å²) in [6.07, 6.45) is -4.33. The first-order chi connectivity index (χ1) is 7.47. The van der Waals surface area contributed by atoms with Crippen LogP contribution in [0.4, 0.5) is 18.3 Å². The van der Waals surface area contributed by atoms with Crippen molar-refractivity contribution >= 4 is 16.5 Å². The minimum atomic E-state index is -4.33. The van der Waals surface area contributed by atoms with E-state index in [1.165, 1.54) is 0 Å². The molecule has 0 N–H and O–H groups in total. The fourth-order valence-corrected chi connectivity index (χ4v) is 2.42. The van der Waals surface area contributed by atoms with Crippen molar-refractivity contribution in [2.45, 2.75) is 6.18 Å². The zero-order valence-electron chi connectivity index (χ0n) is 8.79. The van der Waals surface area contributed by atoms with Crippen LogP contribution in [0.15, 0.2) is 5.38 Å². The van der Waals surface area contributed by atoms with Gasteiger partial charge in [-0.2, -0.15) is 13.2 Å². The van der Waals surface area contributed by atoms with Crippen LogP contribution in [0.2, 0.25) is 0 Å². The van der Waals surface area contributed by atoms with Crippen LogP contribution < -0.4 is 4.90 Å². The summed E-state index contributed by atoms with van der Waals surface area (Å²) < 4.78 is 37.0. The summed E-state index contributed by atoms with van der Waals surface area (Å²) in [6, 6.07) is 0. The molecule has 0 amide bonds. The van der Waals surface area contributed by atoms with Gasteiger partial charge in [0.05, 0.1) is 0 Å². The monoisotopic (exact) mass is 251 g/mol. The van der Waals surface area contributed by atoms with Crippen molar-refractivity contribution in [3.63, 3.8) is 0 Å². The second-order valence-electron chi connectivity index (χ2n) is 3.80. The molecule has 0 spiro atoms. The first-order valence-corrected chi connectivity index (χ1v) is 5.81. The highest BCUT2D eigenvalue weighted by atomic mass is 32.1. The number of aromatic nitrogens is 1. The Balaban J connectivity index is 2.08. The Hall–Kier alpha value is -0.820. The lowest BCUT2D eigenvalue weighted by Gasteiger charge is -2.32. The number of halogens is 3. The van der Waals surface area contributed by atoms with E-state index in [4.69, 9.17) is 0 Å². The maximum absolute atomic E-state index is 12.3. The highest BCUT2D eigenvalue weighted by Gasteiger charge is 2.34. The SMILES string of the molecule is CN1CCN(c2nc(C(F)(F)F)cs2)CC1. The molecule has 1 saturated heterocycles. The molecule has 1 aliphatic heterocycles. The van der Waals surface area contributed by atoms with Gasteiger partial charge in [0.1, 0.15) is 0 Å². The van der Waals surface area contributed by atoms with Crippen LogP contribution in [0.1, 0.15) is 5.69 Å². The van der Waals surface area contributed by atoms with Crippen LogP contribution in [-0.4, -0.2) is 43.1 Å². The third kappa shape index (κ3) is 2.46. The van der Waals surface area contributed by atoms with E-state index in [1.807, 2.05) is 11.9 Å². The second-order valence-corrected chi connectivity index (χ2v) is 4.64. The Labute approximate surface area is 95.5 Å². The predicted molar refractivity (Wildman–Crippen MR) is 56.8 cm³/mol. The molecule has 3 nitrogen and oxygen atoms in total. The molecule has 16 heavy (non-hydrogen) atoms. The Morgan fingerprint density at radius 3 is 2.38 bits per heavy atom. The Kier molecular flexibility index (Phi) is 3.07. The van der Waals surface area contributed by atoms with Crippen molar-refractivity contribution in [2.24, 2.45) is 0 Å². The number of piperazine rings is 1. The third-order valence-corrected chi connectivity index (χ3v) is 3.46. The van der Waals surface area contributed by atoms with Gasteiger partial charge in [-0.15, -0.1) is 11.3 Å². The number of hydrogen-bond acceptors (Lipinski definition) is 4. The molecule has 0 unspecified atom stereocenters. The Morgan fingerprint density at radius 2 is 1.88 bits per heavy atom. The molecule has 1 aromatic heterocycles. The van der Waals surface area contributed by atoms with Gasteiger partial charge in [-0.05, 0) is 7.05 Å². The minimum absolute atomic E-state index is 0.473. The molecule has 2 rings (SSSR count). The molecule has 7 heteroatoms. The van der Waals surface area contributed by atoms with Crippen molar-refractivity contribution < 1.29 is 13.2 Å². The minimum Gasteiger partial charge on any atom is -0.346 e. The highest BCUT2D eigenvalue weighted by molar-refractivity contribution is 7.13. The largest absolute Gasteiger partial charge is 0.434 e. The Morgan fingerprint density at radius 1 is 1.25 bits per heavy atom. The average Bonchev–Trinajstić information content (AvgIpc) is 2.67. The second kappa shape index (κ2) is 4.21. The van der Waals surface area contributed by atoms with Crippen LogP contribution >= 0.6 is 11.3 Å². The number of likely N-dealkylation sites (N-methyl/N-ethyl adjacent to an activating group) is 1. The maximum atomic E-state index is 12.3. The highest BCUT2D eigenvalue weighted by Crippen LogP contribution is 2.33. The van der Waals surface area contributed by atoms with Gasteiger partial charge in [0, 0.05) is 31.6 Å². The van der Waals surface area contributed by atoms with E-state index < -0.39 is 11.9 Å². The lowest BCUT2D eigenvalue weighted by Crippen LogP contribution is -2.44. The molecule has 0 saturated carbocycles. The molecular formula is C9H12F3N3S. The summed E-state index contributed by atoms with van der Waals surface area (Å²) in [6.45, 7) is 3.20. The van der Waals surface area contributed by atoms with E-state index in [0.29, 0.717) is 5.13 Å². The van der Waals surface area contributed by atoms with Crippen LogP contribution in [0.25, 0.3) is 0 Å². The molecule has 0 aromatic carbocycles. The molecule has 1 aromatic rings. The van der Waals surface area contributed by atoms with E-state index in [-0.39, 0.29) is 0 Å². The number of rotatable bonds is 1. The van der Waals surface area contributed by atoms with Crippen molar-refractivity contribution in [1.29, 1.82) is 0 Å². The Bertz CT molecular complexity index is 355. The standard InChI is InChI=1S/C9H12F3N3S/c1-14-2-4-15(5-3-14)8-13-7(6-16-8)9(10,11)12/h6H,2-5H2,1H3. The fourth-order valence-electron chi connectivity index (χ4n) is 1.54. The van der Waals surface area contributed by atoms with Crippen molar-refractivity contribution in [1.82, 2.24) is 9.88 Å². The lowest BCUT2D eigenvalue weighted by molar-refractivity contribution is -0.140. The van der Waals surface area contributed by atoms with Crippen molar-refractivity contribution in [2.75, 3.05) is 38.1 Å². The molecule has 0 atom stereocenters. The number of alkyl halides is 3. The topological polar surface area (TPSA) is 19.4 Å². The third-order valence-electron chi connectivity index (χ3n) is 2.56. The summed E-state index contributed by atoms with van der Waals surface area (Å²) in [5.41, 5.74) is -0.786. The van der Waals surface area contributed by atoms with E-state index in [1.54, 1.807) is 0 Å². The van der Waals surface area contributed by atoms with E-state index in [0.717, 1.165) is 42.9 Å². The van der Waals surface area contributed by atoms with Gasteiger partial charge in [-0.3, -0.25) is 0 Å². The predicted octanol–water partition coefficient (Wildman–Crippen LogP) is 1.91. The summed E-state index contributed by atoms with van der Waals surface area (Å²) in [5.74, 6) is 0. The smallest absolute Gasteiger partial charge is 0.346 e. The molecule has 0 radical (unpaired) electrons. The summed E-state index contributed by atoms with van der Waals surface area (Å²) >= 11 is 1.06. The first kappa shape index (κ1) is 11.7. The molecular weight excluding hydrogens is 239 g/mol. The quantitative estimate of drug-likeness (QED) is 0.760. The zero-order chi connectivity index (χ0) is 11.8. The maximum Gasteiger partial charge on any atom is 0.434 e. The normalized spacial score (nSPS) is 19.1. The number of anilines is 1. The van der Waals surface area contributed by atoms with Gasteiger partial charge >= 0.3 is 6.18 Å². The average molecular weight is 251 g/mol. The van der Waals surface area contributed by atoms with Gasteiger partial charge in [0.15, 0.2) is 10.8 Å². The number of nitrogens with zero attached hydrogens (tertiary/aromatic N) is 3. The first-order valence-electron chi connectivity index (χ1n) is 4.93. The zero-order valence-corrected chi connectivity index (χ0v) is 9.61. The molecule has 0 bridgehead atoms. The van der Waals surface area contributed by atoms with Crippen LogP contribution in [-0.2, 0) is 6.18 Å². The van der Waals surface area contributed by atoms with Gasteiger partial charge < -0.3 is 9.80 Å². The summed E-state index contributed by atoms with van der Waals surface area (Å²) in [7, 11) is 2.00. The van der Waals surface area contributed by atoms with Gasteiger partial charge in [0.2, 0.25) is 0 Å². The summed E-state index contributed by atoms with van der Waals surface area (Å²) in [4.78, 5) is 7.68. The number of thiazole rings is 1. The lowest BCUT2D eigenvalue weighted by atomic mass is 10.3. The van der Waals surface area contributed by atoms with Crippen LogP contribution in [0.5, 0.6) is 0 Å². The van der Waals surface area contributed by atoms with Gasteiger partial charge in [-0.25, -0.2) is 4.98 Å². The van der Waals surface area contributed by atoms with E-state index >= 15 is 0 Å². The van der Waals surface area contributed by atoms with Crippen LogP contribution in [0, 0.1) is 0 Å². The van der Waals surface area contributed by atoms with Crippen molar-refractivity contribution in [3.05, 3.63) is 11.1 Å². The molecule has 1 fully saturated rings. The van der Waals surface area contributed by atoms with Gasteiger partial charge in [0.25, 0.3) is 0 Å². The van der Waals surface area contributed by atoms with E-state index in [9.17, 15) is 13.2 Å². The summed E-state index contributed by atoms with van der Waals surface area (Å²) in [5, 5.41) is 1.55. The molecule has 2 heterocycles. The van der Waals surface area contributed by atoms with Crippen molar-refractivity contribution in [3.8, 4) is 0 Å². The molecule has 0 aliphatic carbocycles. The number of hydrogen-bond donors (Lipinski definition) is 0. The van der Waals surface area contributed by atoms with Crippen LogP contribution in [0.3, 0.4) is 0 Å². The van der Waals surface area contributed by atoms with E-state index in [2.05, 4.69) is 9.88 Å².